The molecule has 0 aliphatic carbocycles. The van der Waals surface area contributed by atoms with E-state index in [9.17, 15) is 9.59 Å². The van der Waals surface area contributed by atoms with Crippen LogP contribution >= 0.6 is 11.6 Å². The van der Waals surface area contributed by atoms with Crippen LogP contribution in [0.1, 0.15) is 17.5 Å². The van der Waals surface area contributed by atoms with Gasteiger partial charge in [0.2, 0.25) is 5.91 Å². The van der Waals surface area contributed by atoms with Crippen LogP contribution < -0.4 is 20.7 Å². The van der Waals surface area contributed by atoms with Crippen LogP contribution in [-0.4, -0.2) is 44.5 Å². The summed E-state index contributed by atoms with van der Waals surface area (Å²) in [6.45, 7) is 6.18. The van der Waals surface area contributed by atoms with Gasteiger partial charge in [-0.1, -0.05) is 54.1 Å². The highest BCUT2D eigenvalue weighted by molar-refractivity contribution is 6.30. The zero-order chi connectivity index (χ0) is 21.2. The molecule has 1 aliphatic heterocycles. The molecule has 7 heteroatoms. The van der Waals surface area contributed by atoms with E-state index in [0.29, 0.717) is 11.4 Å². The molecule has 0 bridgehead atoms. The van der Waals surface area contributed by atoms with Crippen LogP contribution in [0.5, 0.6) is 0 Å². The van der Waals surface area contributed by atoms with Gasteiger partial charge in [0.05, 0.1) is 13.0 Å². The van der Waals surface area contributed by atoms with Gasteiger partial charge in [0.25, 0.3) is 5.91 Å². The number of benzene rings is 2. The predicted octanol–water partition coefficient (Wildman–Crippen LogP) is -0.126. The third kappa shape index (κ3) is 7.63. The number of hydrogen-bond acceptors (Lipinski definition) is 2. The maximum absolute atomic E-state index is 12.0. The molecule has 6 nitrogen and oxygen atoms in total. The van der Waals surface area contributed by atoms with Gasteiger partial charge in [0.15, 0.2) is 0 Å². The molecule has 0 unspecified atom stereocenters. The summed E-state index contributed by atoms with van der Waals surface area (Å²) in [6, 6.07) is 17.7. The topological polar surface area (TPSA) is 67.1 Å². The Kier molecular flexibility index (Phi) is 8.44. The average molecular weight is 429 g/mol. The maximum Gasteiger partial charge on any atom is 0.262 e. The molecule has 2 aromatic rings. The van der Waals surface area contributed by atoms with Gasteiger partial charge in [-0.2, -0.15) is 0 Å². The highest BCUT2D eigenvalue weighted by Crippen LogP contribution is 2.10. The summed E-state index contributed by atoms with van der Waals surface area (Å²) in [5.41, 5.74) is 7.13. The molecule has 0 radical (unpaired) electrons. The van der Waals surface area contributed by atoms with Crippen molar-refractivity contribution in [1.82, 2.24) is 10.9 Å². The van der Waals surface area contributed by atoms with Crippen molar-refractivity contribution in [2.75, 3.05) is 32.7 Å². The Morgan fingerprint density at radius 1 is 0.900 bits per heavy atom. The first-order chi connectivity index (χ1) is 14.6. The Morgan fingerprint density at radius 2 is 1.57 bits per heavy atom. The van der Waals surface area contributed by atoms with Gasteiger partial charge in [-0.05, 0) is 23.8 Å². The zero-order valence-corrected chi connectivity index (χ0v) is 17.8. The summed E-state index contributed by atoms with van der Waals surface area (Å²) < 4.78 is 0. The van der Waals surface area contributed by atoms with E-state index in [1.165, 1.54) is 16.5 Å². The summed E-state index contributed by atoms with van der Waals surface area (Å²) in [7, 11) is 0. The third-order valence-corrected chi connectivity index (χ3v) is 5.54. The smallest absolute Gasteiger partial charge is 0.262 e. The summed E-state index contributed by atoms with van der Waals surface area (Å²) in [6.07, 6.45) is 3.44. The van der Waals surface area contributed by atoms with Crippen LogP contribution in [-0.2, 0) is 16.1 Å². The van der Waals surface area contributed by atoms with Crippen molar-refractivity contribution in [3.8, 4) is 0 Å². The van der Waals surface area contributed by atoms with E-state index in [1.807, 2.05) is 18.2 Å². The van der Waals surface area contributed by atoms with E-state index >= 15 is 0 Å². The van der Waals surface area contributed by atoms with E-state index in [1.54, 1.807) is 23.1 Å². The van der Waals surface area contributed by atoms with E-state index in [0.717, 1.165) is 44.8 Å². The second kappa shape index (κ2) is 11.5. The van der Waals surface area contributed by atoms with Gasteiger partial charge >= 0.3 is 0 Å². The van der Waals surface area contributed by atoms with Crippen LogP contribution in [0.15, 0.2) is 60.7 Å². The molecule has 3 rings (SSSR count). The van der Waals surface area contributed by atoms with Gasteiger partial charge in [0.1, 0.15) is 32.7 Å². The van der Waals surface area contributed by atoms with Crippen molar-refractivity contribution in [2.24, 2.45) is 0 Å². The summed E-state index contributed by atoms with van der Waals surface area (Å²) in [5.74, 6) is -0.543. The predicted molar refractivity (Wildman–Crippen MR) is 118 cm³/mol. The second-order valence-electron chi connectivity index (χ2n) is 7.58. The first kappa shape index (κ1) is 22.0. The second-order valence-corrected chi connectivity index (χ2v) is 8.02. The van der Waals surface area contributed by atoms with E-state index in [4.69, 9.17) is 11.6 Å². The minimum absolute atomic E-state index is 0.171. The fourth-order valence-electron chi connectivity index (χ4n) is 3.54. The van der Waals surface area contributed by atoms with Crippen molar-refractivity contribution in [2.45, 2.75) is 13.0 Å². The number of amides is 2. The molecular formula is C23H29ClN4O2+2. The van der Waals surface area contributed by atoms with Gasteiger partial charge in [-0.3, -0.25) is 20.4 Å². The number of rotatable bonds is 7. The standard InChI is InChI=1S/C23H27ClN4O2/c24-21-9-6-19(7-10-21)8-11-22(29)25-26-23(30)12-13-27-14-16-28(17-15-27)18-20-4-2-1-3-5-20/h1-11H,12-18H2,(H,25,29)(H,26,30)/p+2/b11-8+. The molecule has 1 saturated heterocycles. The van der Waals surface area contributed by atoms with E-state index in [2.05, 4.69) is 35.1 Å². The first-order valence-corrected chi connectivity index (χ1v) is 10.7. The van der Waals surface area contributed by atoms with Crippen molar-refractivity contribution in [3.63, 3.8) is 0 Å². The number of quaternary nitrogens is 2. The molecule has 1 heterocycles. The first-order valence-electron chi connectivity index (χ1n) is 10.3. The van der Waals surface area contributed by atoms with E-state index < -0.39 is 0 Å². The van der Waals surface area contributed by atoms with Crippen LogP contribution in [0, 0.1) is 0 Å². The lowest BCUT2D eigenvalue weighted by molar-refractivity contribution is -1.02. The quantitative estimate of drug-likeness (QED) is 0.367. The fraction of sp³-hybridized carbons (Fsp3) is 0.304. The van der Waals surface area contributed by atoms with E-state index in [-0.39, 0.29) is 11.8 Å². The van der Waals surface area contributed by atoms with Crippen molar-refractivity contribution in [3.05, 3.63) is 76.8 Å². The molecule has 0 saturated carbocycles. The van der Waals surface area contributed by atoms with Crippen LogP contribution in [0.4, 0.5) is 0 Å². The molecule has 0 aromatic heterocycles. The Labute approximate surface area is 182 Å². The number of hydrazine groups is 1. The van der Waals surface area contributed by atoms with Crippen LogP contribution in [0.25, 0.3) is 6.08 Å². The third-order valence-electron chi connectivity index (χ3n) is 5.29. The minimum Gasteiger partial charge on any atom is -0.325 e. The summed E-state index contributed by atoms with van der Waals surface area (Å²) in [4.78, 5) is 26.9. The molecule has 30 heavy (non-hydrogen) atoms. The number of nitrogens with one attached hydrogen (secondary N) is 4. The fourth-order valence-corrected chi connectivity index (χ4v) is 3.67. The highest BCUT2D eigenvalue weighted by atomic mass is 35.5. The zero-order valence-electron chi connectivity index (χ0n) is 17.0. The number of carbonyl (C=O) groups excluding carboxylic acids is 2. The number of halogens is 1. The monoisotopic (exact) mass is 428 g/mol. The molecule has 2 amide bonds. The molecule has 0 spiro atoms. The van der Waals surface area contributed by atoms with Gasteiger partial charge in [0, 0.05) is 16.7 Å². The van der Waals surface area contributed by atoms with Gasteiger partial charge < -0.3 is 9.80 Å². The normalized spacial score (nSPS) is 18.8. The van der Waals surface area contributed by atoms with Crippen molar-refractivity contribution < 1.29 is 19.4 Å². The molecule has 4 N–H and O–H groups in total. The highest BCUT2D eigenvalue weighted by Gasteiger charge is 2.23. The van der Waals surface area contributed by atoms with Gasteiger partial charge in [-0.15, -0.1) is 0 Å². The number of hydrogen-bond donors (Lipinski definition) is 4. The summed E-state index contributed by atoms with van der Waals surface area (Å²) in [5, 5.41) is 0.644. The molecule has 0 atom stereocenters. The minimum atomic E-state index is -0.372. The van der Waals surface area contributed by atoms with Crippen molar-refractivity contribution >= 4 is 29.5 Å². The number of piperazine rings is 1. The lowest BCUT2D eigenvalue weighted by Crippen LogP contribution is -3.27. The Morgan fingerprint density at radius 3 is 2.27 bits per heavy atom. The lowest BCUT2D eigenvalue weighted by Gasteiger charge is -2.29. The number of carbonyl (C=O) groups is 2. The van der Waals surface area contributed by atoms with Crippen LogP contribution in [0.3, 0.4) is 0 Å². The van der Waals surface area contributed by atoms with Gasteiger partial charge in [-0.25, -0.2) is 0 Å². The summed E-state index contributed by atoms with van der Waals surface area (Å²) >= 11 is 5.83. The largest absolute Gasteiger partial charge is 0.325 e. The average Bonchev–Trinajstić information content (AvgIpc) is 2.77. The molecular weight excluding hydrogens is 400 g/mol. The molecule has 2 aromatic carbocycles. The molecule has 158 valence electrons. The molecule has 1 aliphatic rings. The maximum atomic E-state index is 12.0. The Balaban J connectivity index is 1.29. The van der Waals surface area contributed by atoms with Crippen molar-refractivity contribution in [1.29, 1.82) is 0 Å². The Hall–Kier alpha value is -2.67. The Bertz CT molecular complexity index is 847. The molecule has 1 fully saturated rings. The SMILES string of the molecule is O=C(/C=C/c1ccc(Cl)cc1)NNC(=O)CC[NH+]1CC[NH+](Cc2ccccc2)CC1. The van der Waals surface area contributed by atoms with Crippen LogP contribution in [0.2, 0.25) is 5.02 Å². The lowest BCUT2D eigenvalue weighted by atomic mass is 10.2.